The van der Waals surface area contributed by atoms with Gasteiger partial charge in [0.2, 0.25) is 5.91 Å². The molecule has 4 nitrogen and oxygen atoms in total. The molecule has 0 fully saturated rings. The maximum absolute atomic E-state index is 12.6. The maximum Gasteiger partial charge on any atom is 0.227 e. The quantitative estimate of drug-likeness (QED) is 0.816. The summed E-state index contributed by atoms with van der Waals surface area (Å²) < 4.78 is 1.81. The summed E-state index contributed by atoms with van der Waals surface area (Å²) in [5.74, 6) is 0.0813. The van der Waals surface area contributed by atoms with E-state index in [1.54, 1.807) is 12.1 Å². The van der Waals surface area contributed by atoms with Gasteiger partial charge in [-0.1, -0.05) is 29.3 Å². The molecule has 0 spiro atoms. The molecule has 1 heterocycles. The van der Waals surface area contributed by atoms with Crippen LogP contribution in [-0.4, -0.2) is 27.1 Å². The number of amides is 1. The Kier molecular flexibility index (Phi) is 5.71. The molecule has 0 unspecified atom stereocenters. The van der Waals surface area contributed by atoms with Gasteiger partial charge in [-0.25, -0.2) is 0 Å². The molecular formula is C17H21Cl2N3O. The highest BCUT2D eigenvalue weighted by atomic mass is 35.5. The van der Waals surface area contributed by atoms with Crippen LogP contribution in [0.4, 0.5) is 0 Å². The Bertz CT molecular complexity index is 725. The van der Waals surface area contributed by atoms with Crippen molar-refractivity contribution in [2.45, 2.75) is 33.7 Å². The third kappa shape index (κ3) is 4.06. The van der Waals surface area contributed by atoms with Gasteiger partial charge in [0, 0.05) is 31.4 Å². The minimum Gasteiger partial charge on any atom is -0.338 e. The van der Waals surface area contributed by atoms with Crippen LogP contribution < -0.4 is 0 Å². The zero-order valence-electron chi connectivity index (χ0n) is 13.9. The SMILES string of the molecule is CCN(Cc1ccc(Cl)c(Cl)c1)C(=O)Cc1c(C)nn(C)c1C. The lowest BCUT2D eigenvalue weighted by molar-refractivity contribution is -0.130. The fourth-order valence-electron chi connectivity index (χ4n) is 2.57. The molecule has 1 aromatic carbocycles. The van der Waals surface area contributed by atoms with E-state index in [-0.39, 0.29) is 5.91 Å². The van der Waals surface area contributed by atoms with Crippen LogP contribution in [0.25, 0.3) is 0 Å². The lowest BCUT2D eigenvalue weighted by atomic mass is 10.1. The van der Waals surface area contributed by atoms with Crippen molar-refractivity contribution in [1.82, 2.24) is 14.7 Å². The number of benzene rings is 1. The first-order valence-corrected chi connectivity index (χ1v) is 8.29. The van der Waals surface area contributed by atoms with Gasteiger partial charge in [0.1, 0.15) is 0 Å². The molecule has 0 saturated carbocycles. The van der Waals surface area contributed by atoms with Gasteiger partial charge in [-0.3, -0.25) is 9.48 Å². The number of carbonyl (C=O) groups excluding carboxylic acids is 1. The number of hydrogen-bond donors (Lipinski definition) is 0. The number of aryl methyl sites for hydroxylation is 2. The van der Waals surface area contributed by atoms with Crippen molar-refractivity contribution in [3.63, 3.8) is 0 Å². The number of nitrogens with zero attached hydrogens (tertiary/aromatic N) is 3. The van der Waals surface area contributed by atoms with Crippen molar-refractivity contribution >= 4 is 29.1 Å². The monoisotopic (exact) mass is 353 g/mol. The second-order valence-electron chi connectivity index (χ2n) is 5.61. The minimum atomic E-state index is 0.0813. The predicted molar refractivity (Wildman–Crippen MR) is 93.9 cm³/mol. The predicted octanol–water partition coefficient (Wildman–Crippen LogP) is 3.93. The highest BCUT2D eigenvalue weighted by Gasteiger charge is 2.18. The van der Waals surface area contributed by atoms with E-state index in [0.29, 0.717) is 29.6 Å². The van der Waals surface area contributed by atoms with E-state index in [1.807, 2.05) is 43.5 Å². The average molecular weight is 354 g/mol. The molecule has 0 N–H and O–H groups in total. The first kappa shape index (κ1) is 17.8. The Labute approximate surface area is 147 Å². The van der Waals surface area contributed by atoms with Crippen LogP contribution in [0.3, 0.4) is 0 Å². The van der Waals surface area contributed by atoms with Crippen molar-refractivity contribution in [2.75, 3.05) is 6.54 Å². The van der Waals surface area contributed by atoms with Gasteiger partial charge in [-0.2, -0.15) is 5.10 Å². The molecule has 23 heavy (non-hydrogen) atoms. The van der Waals surface area contributed by atoms with E-state index in [2.05, 4.69) is 5.10 Å². The maximum atomic E-state index is 12.6. The molecule has 124 valence electrons. The van der Waals surface area contributed by atoms with Crippen LogP contribution in [0.5, 0.6) is 0 Å². The molecule has 1 amide bonds. The third-order valence-electron chi connectivity index (χ3n) is 4.08. The summed E-state index contributed by atoms with van der Waals surface area (Å²) >= 11 is 12.0. The molecule has 0 bridgehead atoms. The number of hydrogen-bond acceptors (Lipinski definition) is 2. The molecule has 0 saturated heterocycles. The van der Waals surface area contributed by atoms with Crippen molar-refractivity contribution in [1.29, 1.82) is 0 Å². The fourth-order valence-corrected chi connectivity index (χ4v) is 2.89. The molecule has 2 rings (SSSR count). The Balaban J connectivity index is 2.13. The van der Waals surface area contributed by atoms with E-state index in [4.69, 9.17) is 23.2 Å². The van der Waals surface area contributed by atoms with Gasteiger partial charge in [0.25, 0.3) is 0 Å². The van der Waals surface area contributed by atoms with Crippen molar-refractivity contribution < 1.29 is 4.79 Å². The second kappa shape index (κ2) is 7.37. The van der Waals surface area contributed by atoms with Gasteiger partial charge in [0.05, 0.1) is 22.2 Å². The van der Waals surface area contributed by atoms with Gasteiger partial charge in [0.15, 0.2) is 0 Å². The lowest BCUT2D eigenvalue weighted by Gasteiger charge is -2.21. The normalized spacial score (nSPS) is 10.9. The van der Waals surface area contributed by atoms with E-state index < -0.39 is 0 Å². The molecule has 0 radical (unpaired) electrons. The van der Waals surface area contributed by atoms with E-state index >= 15 is 0 Å². The Hall–Kier alpha value is -1.52. The molecular weight excluding hydrogens is 333 g/mol. The summed E-state index contributed by atoms with van der Waals surface area (Å²) in [7, 11) is 1.89. The summed E-state index contributed by atoms with van der Waals surface area (Å²) in [6.07, 6.45) is 0.362. The number of likely N-dealkylation sites (N-methyl/N-ethyl adjacent to an activating group) is 1. The summed E-state index contributed by atoms with van der Waals surface area (Å²) in [5, 5.41) is 5.39. The standard InChI is InChI=1S/C17H21Cl2N3O/c1-5-22(10-13-6-7-15(18)16(19)8-13)17(23)9-14-11(2)20-21(4)12(14)3/h6-8H,5,9-10H2,1-4H3. The molecule has 6 heteroatoms. The number of carbonyl (C=O) groups is 1. The number of halogens is 2. The number of rotatable bonds is 5. The van der Waals surface area contributed by atoms with E-state index in [0.717, 1.165) is 22.5 Å². The molecule has 1 aromatic heterocycles. The first-order valence-electron chi connectivity index (χ1n) is 7.54. The van der Waals surface area contributed by atoms with Crippen LogP contribution in [-0.2, 0) is 24.8 Å². The summed E-state index contributed by atoms with van der Waals surface area (Å²) in [5.41, 5.74) is 3.91. The first-order chi connectivity index (χ1) is 10.8. The van der Waals surface area contributed by atoms with E-state index in [1.165, 1.54) is 0 Å². The third-order valence-corrected chi connectivity index (χ3v) is 4.82. The van der Waals surface area contributed by atoms with Crippen molar-refractivity contribution in [2.24, 2.45) is 7.05 Å². The summed E-state index contributed by atoms with van der Waals surface area (Å²) in [4.78, 5) is 14.5. The molecule has 0 aliphatic rings. The van der Waals surface area contributed by atoms with Crippen LogP contribution in [0.1, 0.15) is 29.4 Å². The van der Waals surface area contributed by atoms with E-state index in [9.17, 15) is 4.79 Å². The van der Waals surface area contributed by atoms with Gasteiger partial charge in [-0.15, -0.1) is 0 Å². The zero-order valence-corrected chi connectivity index (χ0v) is 15.4. The minimum absolute atomic E-state index is 0.0813. The summed E-state index contributed by atoms with van der Waals surface area (Å²) in [6, 6.07) is 5.46. The lowest BCUT2D eigenvalue weighted by Crippen LogP contribution is -2.31. The summed E-state index contributed by atoms with van der Waals surface area (Å²) in [6.45, 7) is 7.04. The number of aromatic nitrogens is 2. The fraction of sp³-hybridized carbons (Fsp3) is 0.412. The highest BCUT2D eigenvalue weighted by Crippen LogP contribution is 2.23. The smallest absolute Gasteiger partial charge is 0.227 e. The Morgan fingerprint density at radius 1 is 1.26 bits per heavy atom. The van der Waals surface area contributed by atoms with Gasteiger partial charge >= 0.3 is 0 Å². The van der Waals surface area contributed by atoms with Crippen molar-refractivity contribution in [3.8, 4) is 0 Å². The van der Waals surface area contributed by atoms with Crippen LogP contribution in [0.2, 0.25) is 10.0 Å². The zero-order chi connectivity index (χ0) is 17.1. The van der Waals surface area contributed by atoms with Gasteiger partial charge in [-0.05, 0) is 38.5 Å². The molecule has 0 aliphatic carbocycles. The van der Waals surface area contributed by atoms with Crippen LogP contribution in [0, 0.1) is 13.8 Å². The molecule has 0 aliphatic heterocycles. The molecule has 2 aromatic rings. The Morgan fingerprint density at radius 2 is 1.96 bits per heavy atom. The second-order valence-corrected chi connectivity index (χ2v) is 6.42. The largest absolute Gasteiger partial charge is 0.338 e. The van der Waals surface area contributed by atoms with Crippen molar-refractivity contribution in [3.05, 3.63) is 50.8 Å². The Morgan fingerprint density at radius 3 is 2.48 bits per heavy atom. The van der Waals surface area contributed by atoms with Crippen LogP contribution in [0.15, 0.2) is 18.2 Å². The van der Waals surface area contributed by atoms with Gasteiger partial charge < -0.3 is 4.90 Å². The average Bonchev–Trinajstić information content (AvgIpc) is 2.74. The molecule has 0 atom stereocenters. The highest BCUT2D eigenvalue weighted by molar-refractivity contribution is 6.42. The van der Waals surface area contributed by atoms with Crippen LogP contribution >= 0.6 is 23.2 Å². The topological polar surface area (TPSA) is 38.1 Å².